The van der Waals surface area contributed by atoms with Gasteiger partial charge >= 0.3 is 0 Å². The van der Waals surface area contributed by atoms with Crippen LogP contribution in [0.5, 0.6) is 0 Å². The van der Waals surface area contributed by atoms with E-state index in [0.29, 0.717) is 15.1 Å². The average molecular weight is 461 g/mol. The molecule has 0 heterocycles. The van der Waals surface area contributed by atoms with Crippen LogP contribution in [0.3, 0.4) is 0 Å². The first-order valence-corrected chi connectivity index (χ1v) is 10.3. The van der Waals surface area contributed by atoms with E-state index in [2.05, 4.69) is 26.8 Å². The van der Waals surface area contributed by atoms with Crippen molar-refractivity contribution in [3.05, 3.63) is 63.6 Å². The van der Waals surface area contributed by atoms with Crippen LogP contribution in [0.15, 0.2) is 53.0 Å². The molecule has 0 aliphatic rings. The largest absolute Gasteiger partial charge is 0.271 e. The van der Waals surface area contributed by atoms with E-state index in [4.69, 9.17) is 11.6 Å². The number of sulfonamides is 1. The second-order valence-electron chi connectivity index (χ2n) is 5.23. The summed E-state index contributed by atoms with van der Waals surface area (Å²) in [6.07, 6.45) is 0.973. The lowest BCUT2D eigenvalue weighted by atomic mass is 10.2. The first-order chi connectivity index (χ1) is 12.2. The zero-order valence-electron chi connectivity index (χ0n) is 13.6. The lowest BCUT2D eigenvalue weighted by Crippen LogP contribution is -2.47. The van der Waals surface area contributed by atoms with Crippen molar-refractivity contribution in [1.29, 1.82) is 0 Å². The summed E-state index contributed by atoms with van der Waals surface area (Å²) >= 11 is 9.11. The number of halogens is 2. The normalized spacial score (nSPS) is 10.9. The van der Waals surface area contributed by atoms with E-state index in [1.165, 1.54) is 12.1 Å². The van der Waals surface area contributed by atoms with Crippen molar-refractivity contribution in [3.63, 3.8) is 0 Å². The summed E-state index contributed by atoms with van der Waals surface area (Å²) in [5.74, 6) is -1.25. The summed E-state index contributed by atoms with van der Waals surface area (Å²) in [5.41, 5.74) is 5.00. The molecule has 26 heavy (non-hydrogen) atoms. The summed E-state index contributed by atoms with van der Waals surface area (Å²) in [6.45, 7) is -0.518. The molecule has 2 aromatic rings. The molecule has 0 fully saturated rings. The van der Waals surface area contributed by atoms with E-state index in [9.17, 15) is 18.0 Å². The Bertz CT molecular complexity index is 937. The summed E-state index contributed by atoms with van der Waals surface area (Å²) < 4.78 is 25.4. The van der Waals surface area contributed by atoms with Crippen LogP contribution >= 0.6 is 27.5 Å². The molecule has 0 bridgehead atoms. The van der Waals surface area contributed by atoms with Gasteiger partial charge in [-0.1, -0.05) is 29.8 Å². The van der Waals surface area contributed by atoms with Gasteiger partial charge in [0.05, 0.1) is 17.5 Å². The smallest absolute Gasteiger partial charge is 0.270 e. The van der Waals surface area contributed by atoms with Crippen LogP contribution in [0.25, 0.3) is 0 Å². The summed E-state index contributed by atoms with van der Waals surface area (Å²) in [5, 5.41) is 0.332. The highest BCUT2D eigenvalue weighted by atomic mass is 79.9. The summed E-state index contributed by atoms with van der Waals surface area (Å²) in [7, 11) is -3.73. The Labute approximate surface area is 164 Å². The van der Waals surface area contributed by atoms with Gasteiger partial charge in [0.2, 0.25) is 10.0 Å². The molecule has 0 saturated heterocycles. The lowest BCUT2D eigenvalue weighted by molar-refractivity contribution is -0.120. The number of carbonyl (C=O) groups excluding carboxylic acids is 2. The fourth-order valence-corrected chi connectivity index (χ4v) is 3.54. The quantitative estimate of drug-likeness (QED) is 0.670. The van der Waals surface area contributed by atoms with E-state index >= 15 is 0 Å². The van der Waals surface area contributed by atoms with Crippen LogP contribution in [0.1, 0.15) is 10.4 Å². The summed E-state index contributed by atoms with van der Waals surface area (Å²) in [4.78, 5) is 24.2. The Balaban J connectivity index is 2.06. The number of hydrogen-bond acceptors (Lipinski definition) is 4. The zero-order chi connectivity index (χ0) is 19.3. The molecule has 2 rings (SSSR count). The third-order valence-corrected chi connectivity index (χ3v) is 5.28. The van der Waals surface area contributed by atoms with E-state index in [-0.39, 0.29) is 5.69 Å². The van der Waals surface area contributed by atoms with Crippen molar-refractivity contribution < 1.29 is 18.0 Å². The molecule has 2 amide bonds. The molecular formula is C16H15BrClN3O4S. The number of anilines is 1. The Morgan fingerprint density at radius 2 is 1.81 bits per heavy atom. The van der Waals surface area contributed by atoms with Crippen molar-refractivity contribution in [1.82, 2.24) is 10.9 Å². The van der Waals surface area contributed by atoms with E-state index in [1.807, 2.05) is 0 Å². The third kappa shape index (κ3) is 5.45. The zero-order valence-corrected chi connectivity index (χ0v) is 16.7. The van der Waals surface area contributed by atoms with Gasteiger partial charge in [0.1, 0.15) is 6.54 Å². The third-order valence-electron chi connectivity index (χ3n) is 3.22. The molecule has 0 spiro atoms. The SMILES string of the molecule is CS(=O)(=O)N(CC(=O)NNC(=O)c1ccccc1Br)c1cccc(Cl)c1. The molecule has 2 aromatic carbocycles. The molecule has 2 N–H and O–H groups in total. The van der Waals surface area contributed by atoms with Crippen molar-refractivity contribution in [2.24, 2.45) is 0 Å². The van der Waals surface area contributed by atoms with Crippen LogP contribution in [0, 0.1) is 0 Å². The van der Waals surface area contributed by atoms with E-state index < -0.39 is 28.4 Å². The minimum Gasteiger partial charge on any atom is -0.271 e. The van der Waals surface area contributed by atoms with Gasteiger partial charge in [0, 0.05) is 9.50 Å². The van der Waals surface area contributed by atoms with Crippen molar-refractivity contribution in [2.75, 3.05) is 17.1 Å². The molecule has 7 nitrogen and oxygen atoms in total. The molecule has 0 aliphatic carbocycles. The fourth-order valence-electron chi connectivity index (χ4n) is 2.04. The van der Waals surface area contributed by atoms with Gasteiger partial charge in [0.15, 0.2) is 0 Å². The van der Waals surface area contributed by atoms with Gasteiger partial charge < -0.3 is 0 Å². The number of amides is 2. The highest BCUT2D eigenvalue weighted by Gasteiger charge is 2.21. The molecule has 138 valence electrons. The molecule has 10 heteroatoms. The van der Waals surface area contributed by atoms with Gasteiger partial charge in [-0.2, -0.15) is 0 Å². The molecule has 0 radical (unpaired) electrons. The number of rotatable bonds is 5. The predicted molar refractivity (Wildman–Crippen MR) is 103 cm³/mol. The number of carbonyl (C=O) groups is 2. The number of nitrogens with zero attached hydrogens (tertiary/aromatic N) is 1. The molecule has 0 aliphatic heterocycles. The minimum absolute atomic E-state index is 0.243. The second kappa shape index (κ2) is 8.52. The highest BCUT2D eigenvalue weighted by molar-refractivity contribution is 9.10. The van der Waals surface area contributed by atoms with E-state index in [0.717, 1.165) is 10.6 Å². The first kappa shape index (κ1) is 20.2. The Hall–Kier alpha value is -2.10. The van der Waals surface area contributed by atoms with Gasteiger partial charge in [0.25, 0.3) is 11.8 Å². The topological polar surface area (TPSA) is 95.6 Å². The number of nitrogens with one attached hydrogen (secondary N) is 2. The fraction of sp³-hybridized carbons (Fsp3) is 0.125. The van der Waals surface area contributed by atoms with Crippen LogP contribution in [-0.2, 0) is 14.8 Å². The van der Waals surface area contributed by atoms with Gasteiger partial charge in [-0.3, -0.25) is 24.7 Å². The van der Waals surface area contributed by atoms with E-state index in [1.54, 1.807) is 36.4 Å². The number of hydrazine groups is 1. The van der Waals surface area contributed by atoms with Crippen molar-refractivity contribution in [2.45, 2.75) is 0 Å². The maximum atomic E-state index is 12.1. The molecule has 0 aromatic heterocycles. The van der Waals surface area contributed by atoms with Crippen LogP contribution < -0.4 is 15.2 Å². The molecule has 0 atom stereocenters. The Morgan fingerprint density at radius 3 is 2.42 bits per heavy atom. The van der Waals surface area contributed by atoms with Gasteiger partial charge in [-0.25, -0.2) is 8.42 Å². The summed E-state index contributed by atoms with van der Waals surface area (Å²) in [6, 6.07) is 12.8. The molecule has 0 saturated carbocycles. The highest BCUT2D eigenvalue weighted by Crippen LogP contribution is 2.21. The maximum absolute atomic E-state index is 12.1. The predicted octanol–water partition coefficient (Wildman–Crippen LogP) is 2.33. The minimum atomic E-state index is -3.73. The van der Waals surface area contributed by atoms with Gasteiger partial charge in [-0.15, -0.1) is 0 Å². The van der Waals surface area contributed by atoms with Crippen molar-refractivity contribution in [3.8, 4) is 0 Å². The van der Waals surface area contributed by atoms with Crippen LogP contribution in [-0.4, -0.2) is 33.0 Å². The average Bonchev–Trinajstić information content (AvgIpc) is 2.57. The Kier molecular flexibility index (Phi) is 6.63. The number of hydrogen-bond donors (Lipinski definition) is 2. The number of benzene rings is 2. The van der Waals surface area contributed by atoms with Crippen LogP contribution in [0.4, 0.5) is 5.69 Å². The molecule has 0 unspecified atom stereocenters. The first-order valence-electron chi connectivity index (χ1n) is 7.25. The monoisotopic (exact) mass is 459 g/mol. The van der Waals surface area contributed by atoms with Gasteiger partial charge in [-0.05, 0) is 46.3 Å². The van der Waals surface area contributed by atoms with Crippen molar-refractivity contribution >= 4 is 55.1 Å². The lowest BCUT2D eigenvalue weighted by Gasteiger charge is -2.22. The second-order valence-corrected chi connectivity index (χ2v) is 8.43. The Morgan fingerprint density at radius 1 is 1.12 bits per heavy atom. The maximum Gasteiger partial charge on any atom is 0.270 e. The molecular weight excluding hydrogens is 446 g/mol. The van der Waals surface area contributed by atoms with Crippen LogP contribution in [0.2, 0.25) is 5.02 Å². The standard InChI is InChI=1S/C16H15BrClN3O4S/c1-26(24,25)21(12-6-4-5-11(18)9-12)10-15(22)19-20-16(23)13-7-2-3-8-14(13)17/h2-9H,10H2,1H3,(H,19,22)(H,20,23).